The van der Waals surface area contributed by atoms with Crippen LogP contribution in [0.5, 0.6) is 5.75 Å². The second-order valence-corrected chi connectivity index (χ2v) is 7.58. The topological polar surface area (TPSA) is 73.6 Å². The van der Waals surface area contributed by atoms with Gasteiger partial charge in [0.2, 0.25) is 5.91 Å². The van der Waals surface area contributed by atoms with Gasteiger partial charge >= 0.3 is 0 Å². The average molecular weight is 389 g/mol. The molecular formula is C23H23N3O3. The summed E-state index contributed by atoms with van der Waals surface area (Å²) in [4.78, 5) is 29.0. The Morgan fingerprint density at radius 1 is 1.03 bits per heavy atom. The monoisotopic (exact) mass is 389 g/mol. The zero-order valence-electron chi connectivity index (χ0n) is 16.4. The number of carbonyl (C=O) groups excluding carboxylic acids is 2. The molecule has 0 radical (unpaired) electrons. The summed E-state index contributed by atoms with van der Waals surface area (Å²) in [7, 11) is 1.57. The van der Waals surface area contributed by atoms with Gasteiger partial charge in [0.25, 0.3) is 5.91 Å². The van der Waals surface area contributed by atoms with Gasteiger partial charge in [-0.25, -0.2) is 4.90 Å². The molecule has 2 saturated heterocycles. The molecule has 2 aliphatic rings. The number of imide groups is 1. The number of likely N-dealkylation sites (tertiary alicyclic amines) is 1. The Morgan fingerprint density at radius 2 is 1.69 bits per heavy atom. The molecule has 2 fully saturated rings. The zero-order valence-corrected chi connectivity index (χ0v) is 16.4. The second-order valence-electron chi connectivity index (χ2n) is 7.58. The Balaban J connectivity index is 1.48. The maximum absolute atomic E-state index is 13.0. The van der Waals surface area contributed by atoms with E-state index in [0.29, 0.717) is 37.4 Å². The molecule has 0 unspecified atom stereocenters. The first-order chi connectivity index (χ1) is 14.1. The first-order valence-corrected chi connectivity index (χ1v) is 9.80. The van der Waals surface area contributed by atoms with Crippen LogP contribution in [0.4, 0.5) is 5.69 Å². The van der Waals surface area contributed by atoms with Crippen molar-refractivity contribution in [1.82, 2.24) is 4.90 Å². The summed E-state index contributed by atoms with van der Waals surface area (Å²) in [6.45, 7) is 1.23. The predicted octanol–water partition coefficient (Wildman–Crippen LogP) is 2.88. The van der Waals surface area contributed by atoms with E-state index in [-0.39, 0.29) is 18.2 Å². The van der Waals surface area contributed by atoms with Crippen molar-refractivity contribution in [3.8, 4) is 11.8 Å². The van der Waals surface area contributed by atoms with Crippen LogP contribution in [0, 0.1) is 11.3 Å². The Morgan fingerprint density at radius 3 is 2.28 bits per heavy atom. The molecule has 4 rings (SSSR count). The van der Waals surface area contributed by atoms with Gasteiger partial charge in [0.15, 0.2) is 0 Å². The van der Waals surface area contributed by atoms with Crippen LogP contribution in [0.1, 0.15) is 24.8 Å². The van der Waals surface area contributed by atoms with E-state index < -0.39 is 11.5 Å². The van der Waals surface area contributed by atoms with E-state index in [1.165, 1.54) is 4.90 Å². The lowest BCUT2D eigenvalue weighted by atomic mass is 9.74. The summed E-state index contributed by atoms with van der Waals surface area (Å²) in [6.07, 6.45) is 1.47. The third kappa shape index (κ3) is 3.39. The molecule has 6 nitrogen and oxygen atoms in total. The zero-order chi connectivity index (χ0) is 20.4. The van der Waals surface area contributed by atoms with E-state index >= 15 is 0 Å². The third-order valence-corrected chi connectivity index (χ3v) is 6.09. The number of ether oxygens (including phenoxy) is 1. The number of nitriles is 1. The first-order valence-electron chi connectivity index (χ1n) is 9.80. The maximum Gasteiger partial charge on any atom is 0.251 e. The summed E-state index contributed by atoms with van der Waals surface area (Å²) in [5, 5.41) is 9.87. The van der Waals surface area contributed by atoms with E-state index in [0.717, 1.165) is 5.56 Å². The van der Waals surface area contributed by atoms with Gasteiger partial charge in [-0.15, -0.1) is 0 Å². The van der Waals surface area contributed by atoms with Crippen molar-refractivity contribution in [3.63, 3.8) is 0 Å². The lowest BCUT2D eigenvalue weighted by Gasteiger charge is -2.39. The average Bonchev–Trinajstić information content (AvgIpc) is 3.08. The lowest BCUT2D eigenvalue weighted by molar-refractivity contribution is -0.123. The minimum atomic E-state index is -0.529. The van der Waals surface area contributed by atoms with Gasteiger partial charge in [0.05, 0.1) is 36.7 Å². The number of nitrogens with zero attached hydrogens (tertiary/aromatic N) is 3. The Kier molecular flexibility index (Phi) is 5.08. The van der Waals surface area contributed by atoms with Crippen LogP contribution in [0.25, 0.3) is 0 Å². The van der Waals surface area contributed by atoms with Gasteiger partial charge in [0.1, 0.15) is 5.75 Å². The number of methoxy groups -OCH3 is 1. The standard InChI is InChI=1S/C23H23N3O3/c1-29-19-9-7-18(8-10-19)26-21(27)15-20(22(26)28)25-13-11-23(16-24,12-14-25)17-5-3-2-4-6-17/h2-10,20H,11-15H2,1H3/t20-/m1/s1. The molecular weight excluding hydrogens is 366 g/mol. The van der Waals surface area contributed by atoms with Crippen molar-refractivity contribution in [3.05, 3.63) is 60.2 Å². The van der Waals surface area contributed by atoms with E-state index in [1.54, 1.807) is 31.4 Å². The molecule has 1 atom stereocenters. The van der Waals surface area contributed by atoms with E-state index in [4.69, 9.17) is 4.74 Å². The molecule has 2 heterocycles. The number of amides is 2. The highest BCUT2D eigenvalue weighted by molar-refractivity contribution is 6.22. The van der Waals surface area contributed by atoms with Crippen molar-refractivity contribution < 1.29 is 14.3 Å². The smallest absolute Gasteiger partial charge is 0.251 e. The van der Waals surface area contributed by atoms with Gasteiger partial charge in [0, 0.05) is 13.1 Å². The fraction of sp³-hybridized carbons (Fsp3) is 0.348. The highest BCUT2D eigenvalue weighted by Crippen LogP contribution is 2.37. The molecule has 0 N–H and O–H groups in total. The van der Waals surface area contributed by atoms with Crippen LogP contribution >= 0.6 is 0 Å². The molecule has 0 saturated carbocycles. The molecule has 0 aromatic heterocycles. The molecule has 0 aliphatic carbocycles. The molecule has 2 aromatic rings. The van der Waals surface area contributed by atoms with E-state index in [2.05, 4.69) is 11.0 Å². The number of benzene rings is 2. The van der Waals surface area contributed by atoms with Crippen LogP contribution in [0.3, 0.4) is 0 Å². The second kappa shape index (κ2) is 7.69. The molecule has 0 bridgehead atoms. The lowest BCUT2D eigenvalue weighted by Crippen LogP contribution is -2.49. The molecule has 2 aliphatic heterocycles. The van der Waals surface area contributed by atoms with Gasteiger partial charge < -0.3 is 4.74 Å². The molecule has 0 spiro atoms. The highest BCUT2D eigenvalue weighted by Gasteiger charge is 2.46. The number of hydrogen-bond donors (Lipinski definition) is 0. The molecule has 6 heteroatoms. The normalized spacial score (nSPS) is 21.8. The largest absolute Gasteiger partial charge is 0.497 e. The number of rotatable bonds is 4. The summed E-state index contributed by atoms with van der Waals surface area (Å²) in [5.74, 6) is 0.295. The summed E-state index contributed by atoms with van der Waals surface area (Å²) in [5.41, 5.74) is 1.06. The van der Waals surface area contributed by atoms with Crippen LogP contribution < -0.4 is 9.64 Å². The Bertz CT molecular complexity index is 942. The van der Waals surface area contributed by atoms with Gasteiger partial charge in [-0.1, -0.05) is 30.3 Å². The molecule has 29 heavy (non-hydrogen) atoms. The summed E-state index contributed by atoms with van der Waals surface area (Å²) < 4.78 is 5.15. The van der Waals surface area contributed by atoms with Crippen molar-refractivity contribution in [2.24, 2.45) is 0 Å². The van der Waals surface area contributed by atoms with Crippen LogP contribution in [-0.2, 0) is 15.0 Å². The van der Waals surface area contributed by atoms with Crippen LogP contribution in [0.2, 0.25) is 0 Å². The number of piperidine rings is 1. The van der Waals surface area contributed by atoms with E-state index in [1.807, 2.05) is 30.3 Å². The van der Waals surface area contributed by atoms with Crippen molar-refractivity contribution in [1.29, 1.82) is 5.26 Å². The number of anilines is 1. The summed E-state index contributed by atoms with van der Waals surface area (Å²) >= 11 is 0. The van der Waals surface area contributed by atoms with Gasteiger partial charge in [-0.3, -0.25) is 14.5 Å². The number of carbonyl (C=O) groups is 2. The van der Waals surface area contributed by atoms with Crippen LogP contribution in [0.15, 0.2) is 54.6 Å². The molecule has 148 valence electrons. The highest BCUT2D eigenvalue weighted by atomic mass is 16.5. The molecule has 2 aromatic carbocycles. The predicted molar refractivity (Wildman–Crippen MR) is 108 cm³/mol. The van der Waals surface area contributed by atoms with Crippen molar-refractivity contribution >= 4 is 17.5 Å². The fourth-order valence-corrected chi connectivity index (χ4v) is 4.34. The number of hydrogen-bond acceptors (Lipinski definition) is 5. The van der Waals surface area contributed by atoms with E-state index in [9.17, 15) is 14.9 Å². The fourth-order valence-electron chi connectivity index (χ4n) is 4.34. The third-order valence-electron chi connectivity index (χ3n) is 6.09. The SMILES string of the molecule is COc1ccc(N2C(=O)C[C@@H](N3CCC(C#N)(c4ccccc4)CC3)C2=O)cc1. The maximum atomic E-state index is 13.0. The van der Waals surface area contributed by atoms with Gasteiger partial charge in [-0.2, -0.15) is 5.26 Å². The Labute approximate surface area is 170 Å². The first kappa shape index (κ1) is 19.2. The molecule has 2 amide bonds. The van der Waals surface area contributed by atoms with Crippen LogP contribution in [-0.4, -0.2) is 43.0 Å². The minimum absolute atomic E-state index is 0.176. The van der Waals surface area contributed by atoms with Crippen molar-refractivity contribution in [2.75, 3.05) is 25.1 Å². The summed E-state index contributed by atoms with van der Waals surface area (Å²) in [6, 6.07) is 18.8. The minimum Gasteiger partial charge on any atom is -0.497 e. The Hall–Kier alpha value is -3.17. The van der Waals surface area contributed by atoms with Crippen molar-refractivity contribution in [2.45, 2.75) is 30.7 Å². The quantitative estimate of drug-likeness (QED) is 0.752. The van der Waals surface area contributed by atoms with Gasteiger partial charge in [-0.05, 0) is 42.7 Å².